The van der Waals surface area contributed by atoms with Crippen LogP contribution in [0.3, 0.4) is 0 Å². The normalized spacial score (nSPS) is 10.6. The number of amides is 1. The van der Waals surface area contributed by atoms with E-state index in [1.807, 2.05) is 30.3 Å². The Bertz CT molecular complexity index is 725. The molecule has 0 atom stereocenters. The Kier molecular flexibility index (Phi) is 3.32. The highest BCUT2D eigenvalue weighted by Gasteiger charge is 2.05. The third-order valence-corrected chi connectivity index (χ3v) is 2.86. The third kappa shape index (κ3) is 2.77. The Morgan fingerprint density at radius 3 is 2.90 bits per heavy atom. The minimum Gasteiger partial charge on any atom is -0.311 e. The molecule has 0 radical (unpaired) electrons. The second-order valence-corrected chi connectivity index (χ2v) is 4.29. The zero-order chi connectivity index (χ0) is 13.8. The van der Waals surface area contributed by atoms with E-state index >= 15 is 0 Å². The molecule has 0 unspecified atom stereocenters. The number of hydrogen-bond acceptors (Lipinski definition) is 5. The molecule has 3 aromatic rings. The highest BCUT2D eigenvalue weighted by atomic mass is 16.1. The zero-order valence-corrected chi connectivity index (χ0v) is 10.6. The van der Waals surface area contributed by atoms with Gasteiger partial charge in [-0.2, -0.15) is 0 Å². The average Bonchev–Trinajstić information content (AvgIpc) is 2.98. The Morgan fingerprint density at radius 2 is 2.10 bits per heavy atom. The van der Waals surface area contributed by atoms with Crippen molar-refractivity contribution >= 4 is 22.5 Å². The highest BCUT2D eigenvalue weighted by Crippen LogP contribution is 2.16. The van der Waals surface area contributed by atoms with Gasteiger partial charge in [-0.15, -0.1) is 5.10 Å². The second-order valence-electron chi connectivity index (χ2n) is 4.29. The molecule has 0 fully saturated rings. The molecule has 2 aromatic heterocycles. The van der Waals surface area contributed by atoms with Gasteiger partial charge in [-0.3, -0.25) is 4.79 Å². The van der Waals surface area contributed by atoms with E-state index in [1.165, 1.54) is 11.0 Å². The Hall–Kier alpha value is -2.83. The van der Waals surface area contributed by atoms with Gasteiger partial charge in [0.1, 0.15) is 12.1 Å². The van der Waals surface area contributed by atoms with Gasteiger partial charge in [0.15, 0.2) is 0 Å². The maximum absolute atomic E-state index is 11.8. The maximum atomic E-state index is 11.8. The summed E-state index contributed by atoms with van der Waals surface area (Å²) in [6.07, 6.45) is 3.51. The van der Waals surface area contributed by atoms with Crippen LogP contribution in [0, 0.1) is 0 Å². The van der Waals surface area contributed by atoms with Crippen LogP contribution in [0.5, 0.6) is 0 Å². The molecule has 0 aliphatic carbocycles. The van der Waals surface area contributed by atoms with Gasteiger partial charge in [-0.05, 0) is 21.9 Å². The Labute approximate surface area is 114 Å². The van der Waals surface area contributed by atoms with Gasteiger partial charge in [0, 0.05) is 18.0 Å². The number of nitrogens with zero attached hydrogens (tertiary/aromatic N) is 5. The van der Waals surface area contributed by atoms with Crippen molar-refractivity contribution in [2.75, 3.05) is 5.32 Å². The van der Waals surface area contributed by atoms with Gasteiger partial charge < -0.3 is 5.32 Å². The number of benzene rings is 1. The molecule has 1 aromatic carbocycles. The molecule has 2 heterocycles. The van der Waals surface area contributed by atoms with Crippen LogP contribution in [0.25, 0.3) is 10.8 Å². The number of fused-ring (bicyclic) bond motifs is 1. The van der Waals surface area contributed by atoms with Gasteiger partial charge in [0.2, 0.25) is 5.91 Å². The van der Waals surface area contributed by atoms with Crippen molar-refractivity contribution in [3.05, 3.63) is 42.9 Å². The molecule has 0 saturated carbocycles. The summed E-state index contributed by atoms with van der Waals surface area (Å²) in [5.74, 6) is 0.425. The molecule has 0 bridgehead atoms. The Balaban J connectivity index is 1.65. The van der Waals surface area contributed by atoms with E-state index in [4.69, 9.17) is 0 Å². The fourth-order valence-corrected chi connectivity index (χ4v) is 1.86. The van der Waals surface area contributed by atoms with Crippen molar-refractivity contribution < 1.29 is 4.79 Å². The van der Waals surface area contributed by atoms with E-state index in [0.717, 1.165) is 10.8 Å². The molecule has 3 rings (SSSR count). The SMILES string of the molecule is O=C(CCn1cnnn1)Nc1cc2ccccc2cn1. The van der Waals surface area contributed by atoms with Crippen molar-refractivity contribution in [1.82, 2.24) is 25.2 Å². The molecule has 7 heteroatoms. The second kappa shape index (κ2) is 5.43. The van der Waals surface area contributed by atoms with Crippen LogP contribution in [-0.4, -0.2) is 31.1 Å². The van der Waals surface area contributed by atoms with Crippen LogP contribution < -0.4 is 5.32 Å². The number of nitrogens with one attached hydrogen (secondary N) is 1. The summed E-state index contributed by atoms with van der Waals surface area (Å²) in [6.45, 7) is 0.437. The number of aryl methyl sites for hydroxylation is 1. The first-order valence-corrected chi connectivity index (χ1v) is 6.17. The number of carbonyl (C=O) groups excluding carboxylic acids is 1. The summed E-state index contributed by atoms with van der Waals surface area (Å²) >= 11 is 0. The molecule has 0 aliphatic rings. The van der Waals surface area contributed by atoms with Crippen molar-refractivity contribution in [2.45, 2.75) is 13.0 Å². The number of hydrogen-bond donors (Lipinski definition) is 1. The summed E-state index contributed by atoms with van der Waals surface area (Å²) in [5, 5.41) is 15.6. The third-order valence-electron chi connectivity index (χ3n) is 2.86. The average molecular weight is 268 g/mol. The molecule has 7 nitrogen and oxygen atoms in total. The molecule has 1 amide bonds. The molecule has 0 aliphatic heterocycles. The van der Waals surface area contributed by atoms with Crippen LogP contribution in [0.4, 0.5) is 5.82 Å². The molecular formula is C13H12N6O. The molecule has 1 N–H and O–H groups in total. The van der Waals surface area contributed by atoms with Gasteiger partial charge in [-0.25, -0.2) is 9.67 Å². The lowest BCUT2D eigenvalue weighted by Crippen LogP contribution is -2.15. The number of carbonyl (C=O) groups is 1. The van der Waals surface area contributed by atoms with Crippen LogP contribution in [0.2, 0.25) is 0 Å². The number of anilines is 1. The minimum atomic E-state index is -0.122. The predicted octanol–water partition coefficient (Wildman–Crippen LogP) is 1.25. The minimum absolute atomic E-state index is 0.122. The van der Waals surface area contributed by atoms with Gasteiger partial charge in [0.25, 0.3) is 0 Å². The number of tetrazole rings is 1. The summed E-state index contributed by atoms with van der Waals surface area (Å²) in [5.41, 5.74) is 0. The number of aromatic nitrogens is 5. The summed E-state index contributed by atoms with van der Waals surface area (Å²) in [7, 11) is 0. The summed E-state index contributed by atoms with van der Waals surface area (Å²) < 4.78 is 1.51. The van der Waals surface area contributed by atoms with Crippen LogP contribution in [0.1, 0.15) is 6.42 Å². The molecule has 20 heavy (non-hydrogen) atoms. The van der Waals surface area contributed by atoms with Crippen LogP contribution in [0.15, 0.2) is 42.9 Å². The molecule has 0 spiro atoms. The first kappa shape index (κ1) is 12.2. The predicted molar refractivity (Wildman–Crippen MR) is 72.8 cm³/mol. The van der Waals surface area contributed by atoms with Crippen LogP contribution >= 0.6 is 0 Å². The van der Waals surface area contributed by atoms with Gasteiger partial charge in [0.05, 0.1) is 6.54 Å². The van der Waals surface area contributed by atoms with Crippen molar-refractivity contribution in [2.24, 2.45) is 0 Å². The fourth-order valence-electron chi connectivity index (χ4n) is 1.86. The van der Waals surface area contributed by atoms with Crippen molar-refractivity contribution in [3.63, 3.8) is 0 Å². The molecule has 100 valence electrons. The monoisotopic (exact) mass is 268 g/mol. The van der Waals surface area contributed by atoms with E-state index in [2.05, 4.69) is 25.8 Å². The number of pyridine rings is 1. The van der Waals surface area contributed by atoms with Crippen molar-refractivity contribution in [3.8, 4) is 0 Å². The molecular weight excluding hydrogens is 256 g/mol. The topological polar surface area (TPSA) is 85.6 Å². The van der Waals surface area contributed by atoms with Gasteiger partial charge >= 0.3 is 0 Å². The maximum Gasteiger partial charge on any atom is 0.227 e. The Morgan fingerprint density at radius 1 is 1.25 bits per heavy atom. The number of rotatable bonds is 4. The smallest absolute Gasteiger partial charge is 0.227 e. The standard InChI is InChI=1S/C13H12N6O/c20-13(5-6-19-9-15-17-18-19)16-12-7-10-3-1-2-4-11(10)8-14-12/h1-4,7-9H,5-6H2,(H,14,16,20). The van der Waals surface area contributed by atoms with E-state index < -0.39 is 0 Å². The van der Waals surface area contributed by atoms with Gasteiger partial charge in [-0.1, -0.05) is 24.3 Å². The summed E-state index contributed by atoms with van der Waals surface area (Å²) in [4.78, 5) is 16.0. The fraction of sp³-hybridized carbons (Fsp3) is 0.154. The van der Waals surface area contributed by atoms with E-state index in [-0.39, 0.29) is 5.91 Å². The highest BCUT2D eigenvalue weighted by molar-refractivity contribution is 5.92. The lowest BCUT2D eigenvalue weighted by Gasteiger charge is -2.05. The van der Waals surface area contributed by atoms with E-state index in [1.54, 1.807) is 6.20 Å². The van der Waals surface area contributed by atoms with E-state index in [9.17, 15) is 4.79 Å². The van der Waals surface area contributed by atoms with Crippen LogP contribution in [-0.2, 0) is 11.3 Å². The van der Waals surface area contributed by atoms with Crippen molar-refractivity contribution in [1.29, 1.82) is 0 Å². The first-order chi connectivity index (χ1) is 9.81. The quantitative estimate of drug-likeness (QED) is 0.769. The van der Waals surface area contributed by atoms with E-state index in [0.29, 0.717) is 18.8 Å². The summed E-state index contributed by atoms with van der Waals surface area (Å²) in [6, 6.07) is 9.71. The molecule has 0 saturated heterocycles. The zero-order valence-electron chi connectivity index (χ0n) is 10.6. The lowest BCUT2D eigenvalue weighted by molar-refractivity contribution is -0.116. The lowest BCUT2D eigenvalue weighted by atomic mass is 10.2. The largest absolute Gasteiger partial charge is 0.311 e. The first-order valence-electron chi connectivity index (χ1n) is 6.17.